The van der Waals surface area contributed by atoms with E-state index in [0.29, 0.717) is 0 Å². The van der Waals surface area contributed by atoms with E-state index in [0.717, 1.165) is 11.1 Å². The van der Waals surface area contributed by atoms with Crippen LogP contribution in [0.15, 0.2) is 64.8 Å². The van der Waals surface area contributed by atoms with Crippen molar-refractivity contribution in [2.45, 2.75) is 0 Å². The van der Waals surface area contributed by atoms with Crippen molar-refractivity contribution in [3.8, 4) is 0 Å². The average molecular weight is 251 g/mol. The molecule has 0 aliphatic carbocycles. The lowest BCUT2D eigenvalue weighted by atomic mass is 10.2. The van der Waals surface area contributed by atoms with Crippen molar-refractivity contribution in [2.24, 2.45) is 10.2 Å². The molecule has 0 spiro atoms. The quantitative estimate of drug-likeness (QED) is 0.605. The second-order valence-electron chi connectivity index (χ2n) is 4.39. The Morgan fingerprint density at radius 1 is 0.737 bits per heavy atom. The third-order valence-corrected chi connectivity index (χ3v) is 2.69. The molecule has 0 unspecified atom stereocenters. The molecule has 0 aliphatic heterocycles. The van der Waals surface area contributed by atoms with Crippen LogP contribution >= 0.6 is 0 Å². The Bertz CT molecular complexity index is 554. The molecule has 2 rings (SSSR count). The Labute approximate surface area is 113 Å². The first-order valence-corrected chi connectivity index (χ1v) is 6.14. The van der Waals surface area contributed by atoms with Crippen LogP contribution in [0.1, 0.15) is 11.1 Å². The summed E-state index contributed by atoms with van der Waals surface area (Å²) in [6, 6.07) is 18.1. The predicted molar refractivity (Wildman–Crippen MR) is 82.4 cm³/mol. The maximum Gasteiger partial charge on any atom is 0.0568 e. The van der Waals surface area contributed by atoms with Crippen LogP contribution in [0.5, 0.6) is 0 Å². The predicted octanol–water partition coefficient (Wildman–Crippen LogP) is 3.21. The molecule has 96 valence electrons. The van der Waals surface area contributed by atoms with Crippen molar-refractivity contribution in [1.29, 1.82) is 0 Å². The van der Waals surface area contributed by atoms with Gasteiger partial charge in [0.15, 0.2) is 0 Å². The maximum absolute atomic E-state index is 4.04. The molecule has 0 bridgehead atoms. The first-order chi connectivity index (χ1) is 9.25. The van der Waals surface area contributed by atoms with Crippen LogP contribution in [0, 0.1) is 0 Å². The molecule has 19 heavy (non-hydrogen) atoms. The third kappa shape index (κ3) is 4.07. The van der Waals surface area contributed by atoms with Gasteiger partial charge in [-0.05, 0) is 23.3 Å². The highest BCUT2D eigenvalue weighted by Gasteiger charge is 1.93. The van der Waals surface area contributed by atoms with Gasteiger partial charge in [0.25, 0.3) is 0 Å². The van der Waals surface area contributed by atoms with Crippen molar-refractivity contribution in [1.82, 2.24) is 0 Å². The number of anilines is 1. The summed E-state index contributed by atoms with van der Waals surface area (Å²) in [5, 5.41) is 8.07. The number of nitrogens with zero attached hydrogens (tertiary/aromatic N) is 3. The molecule has 0 saturated carbocycles. The normalized spacial score (nSPS) is 11.3. The summed E-state index contributed by atoms with van der Waals surface area (Å²) in [5.74, 6) is 0. The van der Waals surface area contributed by atoms with E-state index >= 15 is 0 Å². The lowest BCUT2D eigenvalue weighted by molar-refractivity contribution is 1.13. The lowest BCUT2D eigenvalue weighted by Crippen LogP contribution is -2.08. The minimum Gasteiger partial charge on any atom is -0.378 e. The van der Waals surface area contributed by atoms with Gasteiger partial charge in [-0.3, -0.25) is 0 Å². The molecule has 3 heteroatoms. The minimum absolute atomic E-state index is 1.04. The van der Waals surface area contributed by atoms with Gasteiger partial charge in [-0.2, -0.15) is 10.2 Å². The van der Waals surface area contributed by atoms with E-state index in [-0.39, 0.29) is 0 Å². The summed E-state index contributed by atoms with van der Waals surface area (Å²) in [7, 11) is 4.04. The molecule has 2 aromatic rings. The van der Waals surface area contributed by atoms with Crippen LogP contribution in [0.3, 0.4) is 0 Å². The van der Waals surface area contributed by atoms with Gasteiger partial charge in [0.1, 0.15) is 0 Å². The van der Waals surface area contributed by atoms with Gasteiger partial charge in [0.2, 0.25) is 0 Å². The van der Waals surface area contributed by atoms with Gasteiger partial charge in [-0.25, -0.2) is 0 Å². The van der Waals surface area contributed by atoms with Crippen LogP contribution in [0.2, 0.25) is 0 Å². The number of hydrogen-bond acceptors (Lipinski definition) is 3. The largest absolute Gasteiger partial charge is 0.378 e. The van der Waals surface area contributed by atoms with E-state index in [1.807, 2.05) is 56.6 Å². The Morgan fingerprint density at radius 3 is 1.79 bits per heavy atom. The zero-order valence-electron chi connectivity index (χ0n) is 11.2. The highest BCUT2D eigenvalue weighted by atomic mass is 15.2. The number of rotatable bonds is 4. The van der Waals surface area contributed by atoms with Crippen LogP contribution in [-0.4, -0.2) is 26.5 Å². The molecular formula is C16H17N3. The van der Waals surface area contributed by atoms with Crippen molar-refractivity contribution >= 4 is 18.1 Å². The van der Waals surface area contributed by atoms with E-state index < -0.39 is 0 Å². The van der Waals surface area contributed by atoms with Crippen LogP contribution in [0.25, 0.3) is 0 Å². The topological polar surface area (TPSA) is 28.0 Å². The van der Waals surface area contributed by atoms with E-state index in [1.54, 1.807) is 12.4 Å². The smallest absolute Gasteiger partial charge is 0.0568 e. The molecule has 0 N–H and O–H groups in total. The number of hydrogen-bond donors (Lipinski definition) is 0. The fourth-order valence-electron chi connectivity index (χ4n) is 1.60. The Morgan fingerprint density at radius 2 is 1.26 bits per heavy atom. The van der Waals surface area contributed by atoms with Gasteiger partial charge < -0.3 is 4.90 Å². The fourth-order valence-corrected chi connectivity index (χ4v) is 1.60. The lowest BCUT2D eigenvalue weighted by Gasteiger charge is -2.11. The zero-order chi connectivity index (χ0) is 13.5. The van der Waals surface area contributed by atoms with Crippen LogP contribution in [-0.2, 0) is 0 Å². The molecule has 0 radical (unpaired) electrons. The first-order valence-electron chi connectivity index (χ1n) is 6.14. The molecule has 2 aromatic carbocycles. The van der Waals surface area contributed by atoms with E-state index in [2.05, 4.69) is 27.2 Å². The second-order valence-corrected chi connectivity index (χ2v) is 4.39. The molecule has 0 fully saturated rings. The van der Waals surface area contributed by atoms with E-state index in [4.69, 9.17) is 0 Å². The van der Waals surface area contributed by atoms with Crippen LogP contribution in [0.4, 0.5) is 5.69 Å². The summed E-state index contributed by atoms with van der Waals surface area (Å²) in [6.45, 7) is 0. The Hall–Kier alpha value is -2.42. The van der Waals surface area contributed by atoms with Gasteiger partial charge in [-0.15, -0.1) is 0 Å². The summed E-state index contributed by atoms with van der Waals surface area (Å²) < 4.78 is 0. The van der Waals surface area contributed by atoms with Crippen molar-refractivity contribution in [3.63, 3.8) is 0 Å². The van der Waals surface area contributed by atoms with Crippen molar-refractivity contribution in [3.05, 3.63) is 65.7 Å². The molecule has 0 aliphatic rings. The average Bonchev–Trinajstić information content (AvgIpc) is 2.45. The van der Waals surface area contributed by atoms with E-state index in [9.17, 15) is 0 Å². The monoisotopic (exact) mass is 251 g/mol. The van der Waals surface area contributed by atoms with E-state index in [1.165, 1.54) is 5.69 Å². The van der Waals surface area contributed by atoms with Crippen LogP contribution < -0.4 is 4.90 Å². The van der Waals surface area contributed by atoms with Crippen molar-refractivity contribution in [2.75, 3.05) is 19.0 Å². The first kappa shape index (κ1) is 13.0. The fraction of sp³-hybridized carbons (Fsp3) is 0.125. The van der Waals surface area contributed by atoms with Crippen molar-refractivity contribution < 1.29 is 0 Å². The second kappa shape index (κ2) is 6.50. The highest BCUT2D eigenvalue weighted by molar-refractivity contribution is 5.82. The molecular weight excluding hydrogens is 234 g/mol. The summed E-state index contributed by atoms with van der Waals surface area (Å²) in [6.07, 6.45) is 3.49. The SMILES string of the molecule is CN(C)c1ccc(C=NN=Cc2ccccc2)cc1. The molecule has 0 amide bonds. The van der Waals surface area contributed by atoms with Gasteiger partial charge in [-0.1, -0.05) is 42.5 Å². The molecule has 0 aromatic heterocycles. The van der Waals surface area contributed by atoms with Gasteiger partial charge >= 0.3 is 0 Å². The molecule has 3 nitrogen and oxygen atoms in total. The molecule has 0 atom stereocenters. The zero-order valence-corrected chi connectivity index (χ0v) is 11.2. The maximum atomic E-state index is 4.04. The Balaban J connectivity index is 1.97. The standard InChI is InChI=1S/C16H17N3/c1-19(2)16-10-8-15(9-11-16)13-18-17-12-14-6-4-3-5-7-14/h3-13H,1-2H3. The molecule has 0 heterocycles. The van der Waals surface area contributed by atoms with Gasteiger partial charge in [0, 0.05) is 19.8 Å². The Kier molecular flexibility index (Phi) is 4.45. The minimum atomic E-state index is 1.04. The highest BCUT2D eigenvalue weighted by Crippen LogP contribution is 2.10. The summed E-state index contributed by atoms with van der Waals surface area (Å²) >= 11 is 0. The molecule has 0 saturated heterocycles. The van der Waals surface area contributed by atoms with Gasteiger partial charge in [0.05, 0.1) is 12.4 Å². The summed E-state index contributed by atoms with van der Waals surface area (Å²) in [4.78, 5) is 2.06. The third-order valence-electron chi connectivity index (χ3n) is 2.69. The number of benzene rings is 2. The summed E-state index contributed by atoms with van der Waals surface area (Å²) in [5.41, 5.74) is 3.25.